The van der Waals surface area contributed by atoms with Crippen molar-refractivity contribution in [2.75, 3.05) is 5.32 Å². The first-order valence-corrected chi connectivity index (χ1v) is 8.76. The van der Waals surface area contributed by atoms with E-state index in [0.29, 0.717) is 27.1 Å². The van der Waals surface area contributed by atoms with E-state index in [1.807, 2.05) is 0 Å². The summed E-state index contributed by atoms with van der Waals surface area (Å²) in [7, 11) is 0. The maximum absolute atomic E-state index is 12.3. The maximum Gasteiger partial charge on any atom is 0.338 e. The standard InChI is InChI=1S/C19H15Cl2N3O3/c1-11(18(25)24-16-10-14(20)6-7-15(16)21)27-19(26)13-4-2-12(3-5-13)17-22-8-9-23-17/h2-11H,1H3,(H,22,23)(H,24,25). The van der Waals surface area contributed by atoms with Gasteiger partial charge in [-0.05, 0) is 37.3 Å². The Morgan fingerprint density at radius 3 is 2.56 bits per heavy atom. The molecule has 0 fully saturated rings. The smallest absolute Gasteiger partial charge is 0.338 e. The summed E-state index contributed by atoms with van der Waals surface area (Å²) < 4.78 is 5.22. The molecular weight excluding hydrogens is 389 g/mol. The minimum atomic E-state index is -1.02. The number of halogens is 2. The van der Waals surface area contributed by atoms with Crippen LogP contribution in [0.2, 0.25) is 10.0 Å². The van der Waals surface area contributed by atoms with E-state index in [9.17, 15) is 9.59 Å². The van der Waals surface area contributed by atoms with Crippen molar-refractivity contribution in [3.63, 3.8) is 0 Å². The van der Waals surface area contributed by atoms with E-state index >= 15 is 0 Å². The van der Waals surface area contributed by atoms with Gasteiger partial charge in [-0.25, -0.2) is 9.78 Å². The molecule has 6 nitrogen and oxygen atoms in total. The fourth-order valence-electron chi connectivity index (χ4n) is 2.30. The number of carbonyl (C=O) groups excluding carboxylic acids is 2. The lowest BCUT2D eigenvalue weighted by molar-refractivity contribution is -0.123. The van der Waals surface area contributed by atoms with Crippen LogP contribution < -0.4 is 5.32 Å². The van der Waals surface area contributed by atoms with E-state index < -0.39 is 18.0 Å². The quantitative estimate of drug-likeness (QED) is 0.611. The Kier molecular flexibility index (Phi) is 5.78. The zero-order chi connectivity index (χ0) is 19.4. The molecule has 2 N–H and O–H groups in total. The number of aromatic nitrogens is 2. The van der Waals surface area contributed by atoms with Crippen LogP contribution in [0.1, 0.15) is 17.3 Å². The highest BCUT2D eigenvalue weighted by atomic mass is 35.5. The molecule has 0 spiro atoms. The lowest BCUT2D eigenvalue weighted by Crippen LogP contribution is -2.30. The van der Waals surface area contributed by atoms with Gasteiger partial charge in [0.2, 0.25) is 0 Å². The van der Waals surface area contributed by atoms with Crippen LogP contribution in [0.3, 0.4) is 0 Å². The van der Waals surface area contributed by atoms with Crippen molar-refractivity contribution in [2.45, 2.75) is 13.0 Å². The van der Waals surface area contributed by atoms with Crippen LogP contribution in [0, 0.1) is 0 Å². The Bertz CT molecular complexity index is 957. The monoisotopic (exact) mass is 403 g/mol. The Morgan fingerprint density at radius 1 is 1.15 bits per heavy atom. The lowest BCUT2D eigenvalue weighted by Gasteiger charge is -2.14. The van der Waals surface area contributed by atoms with E-state index in [2.05, 4.69) is 15.3 Å². The summed E-state index contributed by atoms with van der Waals surface area (Å²) in [6.45, 7) is 1.48. The number of ether oxygens (including phenoxy) is 1. The first-order valence-electron chi connectivity index (χ1n) is 8.01. The van der Waals surface area contributed by atoms with Gasteiger partial charge in [0.05, 0.1) is 16.3 Å². The van der Waals surface area contributed by atoms with Crippen LogP contribution in [0.25, 0.3) is 11.4 Å². The van der Waals surface area contributed by atoms with Gasteiger partial charge in [0.15, 0.2) is 6.10 Å². The molecule has 1 heterocycles. The number of anilines is 1. The topological polar surface area (TPSA) is 84.1 Å². The molecular formula is C19H15Cl2N3O3. The number of esters is 1. The molecule has 1 unspecified atom stereocenters. The number of imidazole rings is 1. The lowest BCUT2D eigenvalue weighted by atomic mass is 10.1. The molecule has 0 aliphatic heterocycles. The van der Waals surface area contributed by atoms with Crippen molar-refractivity contribution in [1.82, 2.24) is 9.97 Å². The highest BCUT2D eigenvalue weighted by Crippen LogP contribution is 2.25. The molecule has 1 aromatic heterocycles. The number of hydrogen-bond acceptors (Lipinski definition) is 4. The summed E-state index contributed by atoms with van der Waals surface area (Å²) in [5.74, 6) is -0.429. The zero-order valence-electron chi connectivity index (χ0n) is 14.2. The third-order valence-electron chi connectivity index (χ3n) is 3.73. The van der Waals surface area contributed by atoms with Gasteiger partial charge in [-0.2, -0.15) is 0 Å². The summed E-state index contributed by atoms with van der Waals surface area (Å²) in [5.41, 5.74) is 1.50. The largest absolute Gasteiger partial charge is 0.449 e. The number of amides is 1. The molecule has 27 heavy (non-hydrogen) atoms. The fraction of sp³-hybridized carbons (Fsp3) is 0.105. The van der Waals surface area contributed by atoms with Crippen LogP contribution >= 0.6 is 23.2 Å². The molecule has 0 aliphatic carbocycles. The molecule has 1 amide bonds. The van der Waals surface area contributed by atoms with Gasteiger partial charge in [0.25, 0.3) is 5.91 Å². The van der Waals surface area contributed by atoms with Gasteiger partial charge < -0.3 is 15.0 Å². The molecule has 0 aliphatic rings. The number of aromatic amines is 1. The second-order valence-corrected chi connectivity index (χ2v) is 6.52. The zero-order valence-corrected chi connectivity index (χ0v) is 15.7. The Hall–Kier alpha value is -2.83. The van der Waals surface area contributed by atoms with E-state index in [1.54, 1.807) is 48.8 Å². The highest BCUT2D eigenvalue weighted by Gasteiger charge is 2.20. The van der Waals surface area contributed by atoms with E-state index in [4.69, 9.17) is 27.9 Å². The molecule has 1 atom stereocenters. The third kappa shape index (κ3) is 4.67. The molecule has 0 radical (unpaired) electrons. The van der Waals surface area contributed by atoms with Crippen molar-refractivity contribution < 1.29 is 14.3 Å². The van der Waals surface area contributed by atoms with Gasteiger partial charge in [0, 0.05) is 23.0 Å². The van der Waals surface area contributed by atoms with Gasteiger partial charge in [0.1, 0.15) is 5.82 Å². The second kappa shape index (κ2) is 8.24. The van der Waals surface area contributed by atoms with Crippen LogP contribution in [0.5, 0.6) is 0 Å². The molecule has 8 heteroatoms. The minimum absolute atomic E-state index is 0.325. The molecule has 0 saturated carbocycles. The van der Waals surface area contributed by atoms with Gasteiger partial charge in [-0.1, -0.05) is 35.3 Å². The first-order chi connectivity index (χ1) is 12.9. The predicted octanol–water partition coefficient (Wildman–Crippen LogP) is 4.57. The van der Waals surface area contributed by atoms with Crippen LogP contribution in [-0.4, -0.2) is 27.9 Å². The molecule has 138 valence electrons. The number of nitrogens with zero attached hydrogens (tertiary/aromatic N) is 1. The highest BCUT2D eigenvalue weighted by molar-refractivity contribution is 6.35. The summed E-state index contributed by atoms with van der Waals surface area (Å²) in [5, 5.41) is 3.35. The number of hydrogen-bond donors (Lipinski definition) is 2. The number of H-pyrrole nitrogens is 1. The fourth-order valence-corrected chi connectivity index (χ4v) is 2.63. The van der Waals surface area contributed by atoms with Gasteiger partial charge in [-0.15, -0.1) is 0 Å². The molecule has 0 saturated heterocycles. The number of nitrogens with one attached hydrogen (secondary N) is 2. The maximum atomic E-state index is 12.3. The molecule has 0 bridgehead atoms. The van der Waals surface area contributed by atoms with Crippen molar-refractivity contribution in [2.24, 2.45) is 0 Å². The average molecular weight is 404 g/mol. The summed E-state index contributed by atoms with van der Waals surface area (Å²) in [4.78, 5) is 31.6. The van der Waals surface area contributed by atoms with E-state index in [-0.39, 0.29) is 0 Å². The van der Waals surface area contributed by atoms with Crippen molar-refractivity contribution in [1.29, 1.82) is 0 Å². The average Bonchev–Trinajstić information content (AvgIpc) is 3.19. The predicted molar refractivity (Wildman–Crippen MR) is 104 cm³/mol. The minimum Gasteiger partial charge on any atom is -0.449 e. The number of rotatable bonds is 5. The summed E-state index contributed by atoms with van der Waals surface area (Å²) >= 11 is 11.9. The normalized spacial score (nSPS) is 11.7. The van der Waals surface area contributed by atoms with Crippen molar-refractivity contribution >= 4 is 40.8 Å². The number of carbonyl (C=O) groups is 2. The SMILES string of the molecule is CC(OC(=O)c1ccc(-c2ncc[nH]2)cc1)C(=O)Nc1cc(Cl)ccc1Cl. The number of benzene rings is 2. The van der Waals surface area contributed by atoms with E-state index in [1.165, 1.54) is 13.0 Å². The van der Waals surface area contributed by atoms with E-state index in [0.717, 1.165) is 5.56 Å². The van der Waals surface area contributed by atoms with Crippen LogP contribution in [0.4, 0.5) is 5.69 Å². The van der Waals surface area contributed by atoms with Gasteiger partial charge in [-0.3, -0.25) is 4.79 Å². The molecule has 3 aromatic rings. The third-order valence-corrected chi connectivity index (χ3v) is 4.30. The van der Waals surface area contributed by atoms with Crippen molar-refractivity contribution in [3.05, 3.63) is 70.5 Å². The summed E-state index contributed by atoms with van der Waals surface area (Å²) in [6, 6.07) is 11.4. The Balaban J connectivity index is 1.63. The molecule has 2 aromatic carbocycles. The Morgan fingerprint density at radius 2 is 1.89 bits per heavy atom. The second-order valence-electron chi connectivity index (χ2n) is 5.68. The molecule has 3 rings (SSSR count). The van der Waals surface area contributed by atoms with Crippen molar-refractivity contribution in [3.8, 4) is 11.4 Å². The first kappa shape index (κ1) is 18.9. The van der Waals surface area contributed by atoms with Crippen LogP contribution in [0.15, 0.2) is 54.9 Å². The summed E-state index contributed by atoms with van der Waals surface area (Å²) in [6.07, 6.45) is 2.34. The van der Waals surface area contributed by atoms with Gasteiger partial charge >= 0.3 is 5.97 Å². The van der Waals surface area contributed by atoms with Crippen LogP contribution in [-0.2, 0) is 9.53 Å². The Labute approximate surface area is 165 Å².